The molecular formula is C12H21N3O2. The van der Waals surface area contributed by atoms with E-state index in [-0.39, 0.29) is 5.91 Å². The van der Waals surface area contributed by atoms with Crippen molar-refractivity contribution in [3.05, 3.63) is 0 Å². The van der Waals surface area contributed by atoms with Gasteiger partial charge in [0.25, 0.3) is 0 Å². The molecule has 0 aromatic heterocycles. The molecule has 1 saturated carbocycles. The molecule has 3 fully saturated rings. The van der Waals surface area contributed by atoms with Crippen molar-refractivity contribution in [2.45, 2.75) is 0 Å². The second-order valence-corrected chi connectivity index (χ2v) is 5.26. The highest BCUT2D eigenvalue weighted by molar-refractivity contribution is 5.82. The van der Waals surface area contributed by atoms with Crippen molar-refractivity contribution in [2.24, 2.45) is 17.8 Å². The number of ether oxygens (including phenoxy) is 1. The van der Waals surface area contributed by atoms with E-state index in [9.17, 15) is 4.79 Å². The summed E-state index contributed by atoms with van der Waals surface area (Å²) in [5.41, 5.74) is 0. The summed E-state index contributed by atoms with van der Waals surface area (Å²) < 4.78 is 5.29. The van der Waals surface area contributed by atoms with Crippen molar-refractivity contribution in [2.75, 3.05) is 52.5 Å². The van der Waals surface area contributed by atoms with Gasteiger partial charge < -0.3 is 15.4 Å². The van der Waals surface area contributed by atoms with E-state index in [0.717, 1.165) is 52.5 Å². The highest BCUT2D eigenvalue weighted by Gasteiger charge is 2.56. The minimum atomic E-state index is 0.273. The third-order valence-corrected chi connectivity index (χ3v) is 4.23. The molecule has 1 unspecified atom stereocenters. The Bertz CT molecular complexity index is 281. The lowest BCUT2D eigenvalue weighted by molar-refractivity contribution is -0.123. The molecule has 96 valence electrons. The summed E-state index contributed by atoms with van der Waals surface area (Å²) in [5, 5.41) is 6.38. The largest absolute Gasteiger partial charge is 0.379 e. The Hall–Kier alpha value is -0.650. The van der Waals surface area contributed by atoms with Crippen LogP contribution in [0.15, 0.2) is 0 Å². The molecule has 1 amide bonds. The number of hydrogen-bond donors (Lipinski definition) is 2. The van der Waals surface area contributed by atoms with Crippen LogP contribution >= 0.6 is 0 Å². The molecule has 3 aliphatic rings. The van der Waals surface area contributed by atoms with E-state index >= 15 is 0 Å². The van der Waals surface area contributed by atoms with Gasteiger partial charge in [-0.25, -0.2) is 0 Å². The fourth-order valence-corrected chi connectivity index (χ4v) is 3.09. The number of morpholine rings is 1. The maximum Gasteiger partial charge on any atom is 0.223 e. The molecule has 2 N–H and O–H groups in total. The molecule has 2 heterocycles. The molecule has 0 aromatic rings. The molecule has 17 heavy (non-hydrogen) atoms. The number of amides is 1. The van der Waals surface area contributed by atoms with Crippen LogP contribution < -0.4 is 10.6 Å². The standard InChI is InChI=1S/C12H21N3O2/c16-12(11-9-7-13-8-10(9)11)14-1-2-15-3-5-17-6-4-15/h9-11,13H,1-8H2,(H,14,16)/t9-,10+,11?. The molecule has 5 nitrogen and oxygen atoms in total. The first-order valence-corrected chi connectivity index (χ1v) is 6.65. The second-order valence-electron chi connectivity index (χ2n) is 5.26. The fourth-order valence-electron chi connectivity index (χ4n) is 3.09. The third-order valence-electron chi connectivity index (χ3n) is 4.23. The number of hydrogen-bond acceptors (Lipinski definition) is 4. The quantitative estimate of drug-likeness (QED) is 0.654. The van der Waals surface area contributed by atoms with Gasteiger partial charge in [-0.3, -0.25) is 9.69 Å². The lowest BCUT2D eigenvalue weighted by Crippen LogP contribution is -2.42. The van der Waals surface area contributed by atoms with Crippen LogP contribution in [0.1, 0.15) is 0 Å². The van der Waals surface area contributed by atoms with Crippen LogP contribution in [0.4, 0.5) is 0 Å². The van der Waals surface area contributed by atoms with E-state index in [0.29, 0.717) is 17.8 Å². The van der Waals surface area contributed by atoms with Gasteiger partial charge in [-0.15, -0.1) is 0 Å². The van der Waals surface area contributed by atoms with Crippen molar-refractivity contribution in [1.82, 2.24) is 15.5 Å². The predicted octanol–water partition coefficient (Wildman–Crippen LogP) is -1.10. The number of piperidine rings is 1. The van der Waals surface area contributed by atoms with Gasteiger partial charge >= 0.3 is 0 Å². The predicted molar refractivity (Wildman–Crippen MR) is 63.6 cm³/mol. The van der Waals surface area contributed by atoms with Crippen molar-refractivity contribution >= 4 is 5.91 Å². The molecule has 3 rings (SSSR count). The maximum atomic E-state index is 11.9. The summed E-state index contributed by atoms with van der Waals surface area (Å²) in [6, 6.07) is 0. The SMILES string of the molecule is O=C(NCCN1CCOCC1)C1[C@H]2CNC[C@@H]12. The number of carbonyl (C=O) groups excluding carboxylic acids is 1. The Labute approximate surface area is 102 Å². The summed E-state index contributed by atoms with van der Waals surface area (Å²) >= 11 is 0. The van der Waals surface area contributed by atoms with Crippen molar-refractivity contribution in [3.8, 4) is 0 Å². The van der Waals surface area contributed by atoms with Crippen LogP contribution in [-0.2, 0) is 9.53 Å². The van der Waals surface area contributed by atoms with Gasteiger partial charge in [0.05, 0.1) is 13.2 Å². The Morgan fingerprint density at radius 1 is 1.29 bits per heavy atom. The first-order valence-electron chi connectivity index (χ1n) is 6.65. The van der Waals surface area contributed by atoms with Crippen molar-refractivity contribution < 1.29 is 9.53 Å². The van der Waals surface area contributed by atoms with Crippen LogP contribution in [0.25, 0.3) is 0 Å². The van der Waals surface area contributed by atoms with E-state index in [1.807, 2.05) is 0 Å². The Morgan fingerprint density at radius 3 is 2.71 bits per heavy atom. The van der Waals surface area contributed by atoms with E-state index in [1.54, 1.807) is 0 Å². The first-order chi connectivity index (χ1) is 8.36. The number of nitrogens with zero attached hydrogens (tertiary/aromatic N) is 1. The van der Waals surface area contributed by atoms with Gasteiger partial charge in [0, 0.05) is 32.1 Å². The molecule has 0 bridgehead atoms. The van der Waals surface area contributed by atoms with Crippen molar-refractivity contribution in [3.63, 3.8) is 0 Å². The Morgan fingerprint density at radius 2 is 2.00 bits per heavy atom. The van der Waals surface area contributed by atoms with Crippen LogP contribution in [0.5, 0.6) is 0 Å². The topological polar surface area (TPSA) is 53.6 Å². The summed E-state index contributed by atoms with van der Waals surface area (Å²) in [6.45, 7) is 7.44. The molecule has 3 atom stereocenters. The lowest BCUT2D eigenvalue weighted by Gasteiger charge is -2.26. The highest BCUT2D eigenvalue weighted by atomic mass is 16.5. The van der Waals surface area contributed by atoms with E-state index in [1.165, 1.54) is 0 Å². The third kappa shape index (κ3) is 2.46. The molecular weight excluding hydrogens is 218 g/mol. The fraction of sp³-hybridized carbons (Fsp3) is 0.917. The summed E-state index contributed by atoms with van der Waals surface area (Å²) in [4.78, 5) is 14.2. The zero-order valence-corrected chi connectivity index (χ0v) is 10.2. The molecule has 5 heteroatoms. The number of nitrogens with one attached hydrogen (secondary N) is 2. The monoisotopic (exact) mass is 239 g/mol. The average molecular weight is 239 g/mol. The smallest absolute Gasteiger partial charge is 0.223 e. The van der Waals surface area contributed by atoms with Gasteiger partial charge in [-0.1, -0.05) is 0 Å². The lowest BCUT2D eigenvalue weighted by atomic mass is 10.2. The zero-order valence-electron chi connectivity index (χ0n) is 10.2. The molecule has 2 aliphatic heterocycles. The number of fused-ring (bicyclic) bond motifs is 1. The Balaban J connectivity index is 1.33. The zero-order chi connectivity index (χ0) is 11.7. The normalized spacial score (nSPS) is 36.6. The van der Waals surface area contributed by atoms with Gasteiger partial charge in [0.1, 0.15) is 0 Å². The minimum Gasteiger partial charge on any atom is -0.379 e. The van der Waals surface area contributed by atoms with Gasteiger partial charge in [-0.2, -0.15) is 0 Å². The minimum absolute atomic E-state index is 0.273. The van der Waals surface area contributed by atoms with Crippen LogP contribution in [0.2, 0.25) is 0 Å². The van der Waals surface area contributed by atoms with Crippen molar-refractivity contribution in [1.29, 1.82) is 0 Å². The molecule has 0 spiro atoms. The van der Waals surface area contributed by atoms with Crippen LogP contribution in [0.3, 0.4) is 0 Å². The molecule has 1 aliphatic carbocycles. The highest BCUT2D eigenvalue weighted by Crippen LogP contribution is 2.48. The van der Waals surface area contributed by atoms with Crippen LogP contribution in [-0.4, -0.2) is 63.3 Å². The summed E-state index contributed by atoms with van der Waals surface area (Å²) in [7, 11) is 0. The summed E-state index contributed by atoms with van der Waals surface area (Å²) in [5.74, 6) is 1.83. The van der Waals surface area contributed by atoms with Crippen LogP contribution in [0, 0.1) is 17.8 Å². The molecule has 0 radical (unpaired) electrons. The number of carbonyl (C=O) groups is 1. The van der Waals surface area contributed by atoms with Gasteiger partial charge in [0.15, 0.2) is 0 Å². The average Bonchev–Trinajstić information content (AvgIpc) is 2.84. The molecule has 2 saturated heterocycles. The van der Waals surface area contributed by atoms with E-state index < -0.39 is 0 Å². The second kappa shape index (κ2) is 4.92. The van der Waals surface area contributed by atoms with Gasteiger partial charge in [0.2, 0.25) is 5.91 Å². The molecule has 0 aromatic carbocycles. The summed E-state index contributed by atoms with van der Waals surface area (Å²) in [6.07, 6.45) is 0. The van der Waals surface area contributed by atoms with E-state index in [4.69, 9.17) is 4.74 Å². The Kier molecular flexibility index (Phi) is 3.31. The van der Waals surface area contributed by atoms with E-state index in [2.05, 4.69) is 15.5 Å². The first kappa shape index (κ1) is 11.4. The number of rotatable bonds is 4. The van der Waals surface area contributed by atoms with Gasteiger partial charge in [-0.05, 0) is 24.9 Å². The maximum absolute atomic E-state index is 11.9.